The van der Waals surface area contributed by atoms with Crippen LogP contribution in [-0.4, -0.2) is 11.9 Å². The van der Waals surface area contributed by atoms with E-state index < -0.39 is 5.97 Å². The molecule has 0 spiro atoms. The summed E-state index contributed by atoms with van der Waals surface area (Å²) in [6, 6.07) is 22.5. The van der Waals surface area contributed by atoms with Crippen molar-refractivity contribution in [2.24, 2.45) is 0 Å². The third-order valence-corrected chi connectivity index (χ3v) is 3.64. The fraction of sp³-hybridized carbons (Fsp3) is 0. The third-order valence-electron chi connectivity index (χ3n) is 3.64. The summed E-state index contributed by atoms with van der Waals surface area (Å²) in [4.78, 5) is 24.0. The molecular weight excluding hydrogens is 302 g/mol. The first-order valence-electron chi connectivity index (χ1n) is 7.43. The van der Waals surface area contributed by atoms with Gasteiger partial charge in [-0.1, -0.05) is 60.7 Å². The molecule has 0 saturated carbocycles. The monoisotopic (exact) mass is 316 g/mol. The van der Waals surface area contributed by atoms with Gasteiger partial charge in [-0.05, 0) is 29.3 Å². The molecule has 3 aromatic carbocycles. The van der Waals surface area contributed by atoms with Crippen LogP contribution in [0.15, 0.2) is 78.9 Å². The number of nitrogens with one attached hydrogen (secondary N) is 1. The van der Waals surface area contributed by atoms with E-state index in [1.165, 1.54) is 6.07 Å². The lowest BCUT2D eigenvalue weighted by Crippen LogP contribution is -2.23. The van der Waals surface area contributed by atoms with Gasteiger partial charge < -0.3 is 15.2 Å². The molecule has 0 unspecified atom stereocenters. The van der Waals surface area contributed by atoms with E-state index in [9.17, 15) is 14.7 Å². The highest BCUT2D eigenvalue weighted by molar-refractivity contribution is 6.10. The highest BCUT2D eigenvalue weighted by Gasteiger charge is 2.15. The molecule has 4 nitrogen and oxygen atoms in total. The van der Waals surface area contributed by atoms with Crippen molar-refractivity contribution in [2.45, 2.75) is 0 Å². The maximum absolute atomic E-state index is 12.6. The maximum Gasteiger partial charge on any atom is 0.256 e. The minimum absolute atomic E-state index is 0.0532. The number of benzene rings is 3. The van der Waals surface area contributed by atoms with Crippen LogP contribution in [0.5, 0.6) is 0 Å². The molecule has 0 heterocycles. The maximum atomic E-state index is 12.6. The Morgan fingerprint density at radius 3 is 1.79 bits per heavy atom. The van der Waals surface area contributed by atoms with Gasteiger partial charge in [-0.25, -0.2) is 0 Å². The lowest BCUT2D eigenvalue weighted by Gasteiger charge is -2.14. The molecule has 3 aromatic rings. The van der Waals surface area contributed by atoms with Crippen molar-refractivity contribution in [1.82, 2.24) is 0 Å². The highest BCUT2D eigenvalue weighted by atomic mass is 16.4. The largest absolute Gasteiger partial charge is 0.545 e. The summed E-state index contributed by atoms with van der Waals surface area (Å²) in [6.07, 6.45) is 0. The molecule has 0 radical (unpaired) electrons. The van der Waals surface area contributed by atoms with Crippen molar-refractivity contribution in [3.05, 3.63) is 90.0 Å². The molecule has 0 atom stereocenters. The number of hydrogen-bond acceptors (Lipinski definition) is 3. The molecule has 1 N–H and O–H groups in total. The Balaban J connectivity index is 2.03. The van der Waals surface area contributed by atoms with Gasteiger partial charge in [-0.15, -0.1) is 0 Å². The van der Waals surface area contributed by atoms with Crippen LogP contribution >= 0.6 is 0 Å². The zero-order valence-corrected chi connectivity index (χ0v) is 12.7. The number of para-hydroxylation sites is 1. The van der Waals surface area contributed by atoms with Gasteiger partial charge in [0.1, 0.15) is 0 Å². The Hall–Kier alpha value is -3.40. The van der Waals surface area contributed by atoms with E-state index >= 15 is 0 Å². The first-order valence-corrected chi connectivity index (χ1v) is 7.43. The van der Waals surface area contributed by atoms with Crippen LogP contribution < -0.4 is 10.4 Å². The number of amides is 1. The van der Waals surface area contributed by atoms with E-state index in [0.29, 0.717) is 22.4 Å². The number of anilines is 1. The second kappa shape index (κ2) is 6.79. The van der Waals surface area contributed by atoms with E-state index in [-0.39, 0.29) is 11.5 Å². The highest BCUT2D eigenvalue weighted by Crippen LogP contribution is 2.27. The number of hydrogen-bond donors (Lipinski definition) is 1. The summed E-state index contributed by atoms with van der Waals surface area (Å²) in [5, 5.41) is 14.2. The molecule has 0 bridgehead atoms. The second-order valence-electron chi connectivity index (χ2n) is 5.20. The molecule has 0 aliphatic heterocycles. The van der Waals surface area contributed by atoms with E-state index in [1.807, 2.05) is 18.2 Å². The van der Waals surface area contributed by atoms with Crippen LogP contribution in [0.1, 0.15) is 20.7 Å². The quantitative estimate of drug-likeness (QED) is 0.804. The standard InChI is InChI=1S/C20H15NO3/c22-19(21-14-8-2-1-3-9-14)17-12-6-4-10-15(17)16-11-5-7-13-18(16)20(23)24/h1-13H,(H,21,22)(H,23,24)/p-1. The predicted molar refractivity (Wildman–Crippen MR) is 90.6 cm³/mol. The molecule has 0 fully saturated rings. The van der Waals surface area contributed by atoms with E-state index in [2.05, 4.69) is 5.32 Å². The smallest absolute Gasteiger partial charge is 0.256 e. The summed E-state index contributed by atoms with van der Waals surface area (Å²) < 4.78 is 0. The SMILES string of the molecule is O=C([O-])c1ccccc1-c1ccccc1C(=O)Nc1ccccc1. The first-order chi connectivity index (χ1) is 11.7. The predicted octanol–water partition coefficient (Wildman–Crippen LogP) is 2.97. The number of carbonyl (C=O) groups excluding carboxylic acids is 2. The number of carboxylic acid groups (broad SMARTS) is 1. The van der Waals surface area contributed by atoms with Crippen LogP contribution in [0.3, 0.4) is 0 Å². The lowest BCUT2D eigenvalue weighted by molar-refractivity contribution is -0.254. The van der Waals surface area contributed by atoms with E-state index in [4.69, 9.17) is 0 Å². The second-order valence-corrected chi connectivity index (χ2v) is 5.20. The summed E-state index contributed by atoms with van der Waals surface area (Å²) in [6.45, 7) is 0. The molecule has 1 amide bonds. The minimum Gasteiger partial charge on any atom is -0.545 e. The van der Waals surface area contributed by atoms with Gasteiger partial charge in [0.2, 0.25) is 0 Å². The number of carbonyl (C=O) groups is 2. The summed E-state index contributed by atoms with van der Waals surface area (Å²) in [7, 11) is 0. The van der Waals surface area contributed by atoms with Crippen molar-refractivity contribution in [1.29, 1.82) is 0 Å². The van der Waals surface area contributed by atoms with Crippen LogP contribution in [0.2, 0.25) is 0 Å². The van der Waals surface area contributed by atoms with Gasteiger partial charge in [0.25, 0.3) is 5.91 Å². The Morgan fingerprint density at radius 2 is 1.17 bits per heavy atom. The zero-order chi connectivity index (χ0) is 16.9. The van der Waals surface area contributed by atoms with E-state index in [1.54, 1.807) is 54.6 Å². The fourth-order valence-corrected chi connectivity index (χ4v) is 2.53. The molecule has 0 saturated heterocycles. The number of carboxylic acids is 1. The summed E-state index contributed by atoms with van der Waals surface area (Å²) in [5.41, 5.74) is 2.13. The van der Waals surface area contributed by atoms with Gasteiger partial charge in [0.05, 0.1) is 5.97 Å². The summed E-state index contributed by atoms with van der Waals surface area (Å²) >= 11 is 0. The molecule has 0 aliphatic carbocycles. The fourth-order valence-electron chi connectivity index (χ4n) is 2.53. The van der Waals surface area contributed by atoms with Gasteiger partial charge in [0, 0.05) is 16.8 Å². The summed E-state index contributed by atoms with van der Waals surface area (Å²) in [5.74, 6) is -1.58. The van der Waals surface area contributed by atoms with Crippen molar-refractivity contribution >= 4 is 17.6 Å². The topological polar surface area (TPSA) is 69.2 Å². The van der Waals surface area contributed by atoms with Crippen LogP contribution in [0, 0.1) is 0 Å². The van der Waals surface area contributed by atoms with Gasteiger partial charge >= 0.3 is 0 Å². The molecule has 118 valence electrons. The normalized spacial score (nSPS) is 10.2. The molecule has 3 rings (SSSR count). The average molecular weight is 316 g/mol. The molecule has 0 aromatic heterocycles. The average Bonchev–Trinajstić information content (AvgIpc) is 2.62. The van der Waals surface area contributed by atoms with Gasteiger partial charge in [-0.2, -0.15) is 0 Å². The van der Waals surface area contributed by atoms with Crippen molar-refractivity contribution in [3.63, 3.8) is 0 Å². The molecule has 24 heavy (non-hydrogen) atoms. The third kappa shape index (κ3) is 3.17. The van der Waals surface area contributed by atoms with Crippen LogP contribution in [-0.2, 0) is 0 Å². The lowest BCUT2D eigenvalue weighted by atomic mass is 9.95. The molecule has 4 heteroatoms. The van der Waals surface area contributed by atoms with Crippen molar-refractivity contribution in [2.75, 3.05) is 5.32 Å². The molecular formula is C20H14NO3-. The number of rotatable bonds is 4. The Kier molecular flexibility index (Phi) is 4.38. The first kappa shape index (κ1) is 15.5. The number of aromatic carboxylic acids is 1. The Bertz CT molecular complexity index is 888. The Morgan fingerprint density at radius 1 is 0.667 bits per heavy atom. The van der Waals surface area contributed by atoms with Gasteiger partial charge in [0.15, 0.2) is 0 Å². The van der Waals surface area contributed by atoms with Gasteiger partial charge in [-0.3, -0.25) is 4.79 Å². The van der Waals surface area contributed by atoms with Crippen LogP contribution in [0.4, 0.5) is 5.69 Å². The van der Waals surface area contributed by atoms with Crippen molar-refractivity contribution < 1.29 is 14.7 Å². The molecule has 0 aliphatic rings. The Labute approximate surface area is 139 Å². The van der Waals surface area contributed by atoms with Crippen molar-refractivity contribution in [3.8, 4) is 11.1 Å². The van der Waals surface area contributed by atoms with Crippen LogP contribution in [0.25, 0.3) is 11.1 Å². The zero-order valence-electron chi connectivity index (χ0n) is 12.7. The van der Waals surface area contributed by atoms with E-state index in [0.717, 1.165) is 0 Å². The minimum atomic E-state index is -1.27.